The Balaban J connectivity index is 2.69. The van der Waals surface area contributed by atoms with Gasteiger partial charge in [-0.15, -0.1) is 0 Å². The largest absolute Gasteiger partial charge is 0.394 e. The fraction of sp³-hybridized carbons (Fsp3) is 1.00. The molecule has 68 valence electrons. The van der Waals surface area contributed by atoms with Gasteiger partial charge in [0.15, 0.2) is 0 Å². The number of rotatable bonds is 8. The van der Waals surface area contributed by atoms with Gasteiger partial charge in [0.2, 0.25) is 0 Å². The van der Waals surface area contributed by atoms with Crippen LogP contribution in [0.3, 0.4) is 0 Å². The van der Waals surface area contributed by atoms with Crippen LogP contribution in [0.15, 0.2) is 0 Å². The number of ether oxygens (including phenoxy) is 1. The van der Waals surface area contributed by atoms with E-state index >= 15 is 0 Å². The van der Waals surface area contributed by atoms with Crippen molar-refractivity contribution in [3.8, 4) is 0 Å². The van der Waals surface area contributed by atoms with Gasteiger partial charge < -0.3 is 9.84 Å². The highest BCUT2D eigenvalue weighted by molar-refractivity contribution is 7.99. The van der Waals surface area contributed by atoms with Crippen LogP contribution in [0.5, 0.6) is 0 Å². The Bertz CT molecular complexity index is 61.1. The Labute approximate surface area is 73.3 Å². The van der Waals surface area contributed by atoms with E-state index in [0.717, 1.165) is 12.4 Å². The SMILES string of the molecule is CCCCSCCOCCO. The monoisotopic (exact) mass is 178 g/mol. The minimum Gasteiger partial charge on any atom is -0.394 e. The second-order valence-electron chi connectivity index (χ2n) is 2.30. The van der Waals surface area contributed by atoms with Crippen molar-refractivity contribution in [2.45, 2.75) is 19.8 Å². The lowest BCUT2D eigenvalue weighted by Crippen LogP contribution is -2.02. The van der Waals surface area contributed by atoms with Crippen molar-refractivity contribution in [1.82, 2.24) is 0 Å². The molecule has 0 aromatic rings. The summed E-state index contributed by atoms with van der Waals surface area (Å²) in [5, 5.41) is 8.38. The molecular formula is C8H18O2S. The summed E-state index contributed by atoms with van der Waals surface area (Å²) in [5.41, 5.74) is 0. The van der Waals surface area contributed by atoms with Crippen LogP contribution in [0.1, 0.15) is 19.8 Å². The molecule has 0 aliphatic heterocycles. The molecule has 2 nitrogen and oxygen atoms in total. The average Bonchev–Trinajstić information content (AvgIpc) is 2.03. The van der Waals surface area contributed by atoms with Gasteiger partial charge in [0.1, 0.15) is 0 Å². The number of hydrogen-bond acceptors (Lipinski definition) is 3. The molecule has 0 amide bonds. The molecule has 0 saturated heterocycles. The minimum atomic E-state index is 0.139. The van der Waals surface area contributed by atoms with Crippen molar-refractivity contribution in [1.29, 1.82) is 0 Å². The van der Waals surface area contributed by atoms with Gasteiger partial charge >= 0.3 is 0 Å². The van der Waals surface area contributed by atoms with E-state index in [4.69, 9.17) is 9.84 Å². The standard InChI is InChI=1S/C8H18O2S/c1-2-3-7-11-8-6-10-5-4-9/h9H,2-8H2,1H3. The Kier molecular flexibility index (Phi) is 10.5. The molecule has 0 aromatic heterocycles. The van der Waals surface area contributed by atoms with Crippen LogP contribution in [-0.2, 0) is 4.74 Å². The molecule has 0 saturated carbocycles. The average molecular weight is 178 g/mol. The van der Waals surface area contributed by atoms with Crippen molar-refractivity contribution in [2.24, 2.45) is 0 Å². The molecular weight excluding hydrogens is 160 g/mol. The molecule has 0 atom stereocenters. The van der Waals surface area contributed by atoms with Crippen molar-refractivity contribution < 1.29 is 9.84 Å². The molecule has 0 heterocycles. The van der Waals surface area contributed by atoms with Gasteiger partial charge in [-0.25, -0.2) is 0 Å². The summed E-state index contributed by atoms with van der Waals surface area (Å²) in [5.74, 6) is 2.29. The number of unbranched alkanes of at least 4 members (excludes halogenated alkanes) is 1. The predicted octanol–water partition coefficient (Wildman–Crippen LogP) is 1.53. The molecule has 0 aliphatic rings. The normalized spacial score (nSPS) is 10.4. The van der Waals surface area contributed by atoms with Gasteiger partial charge in [-0.3, -0.25) is 0 Å². The van der Waals surface area contributed by atoms with E-state index in [1.807, 2.05) is 11.8 Å². The topological polar surface area (TPSA) is 29.5 Å². The van der Waals surface area contributed by atoms with Crippen LogP contribution in [0.2, 0.25) is 0 Å². The van der Waals surface area contributed by atoms with E-state index in [1.165, 1.54) is 18.6 Å². The summed E-state index contributed by atoms with van der Waals surface area (Å²) in [7, 11) is 0. The van der Waals surface area contributed by atoms with Gasteiger partial charge in [-0.2, -0.15) is 11.8 Å². The van der Waals surface area contributed by atoms with E-state index in [2.05, 4.69) is 6.92 Å². The molecule has 0 unspecified atom stereocenters. The Hall–Kier alpha value is 0.270. The molecule has 11 heavy (non-hydrogen) atoms. The summed E-state index contributed by atoms with van der Waals surface area (Å²) in [6, 6.07) is 0. The second-order valence-corrected chi connectivity index (χ2v) is 3.53. The van der Waals surface area contributed by atoms with Crippen LogP contribution in [0.25, 0.3) is 0 Å². The van der Waals surface area contributed by atoms with Crippen LogP contribution in [0.4, 0.5) is 0 Å². The highest BCUT2D eigenvalue weighted by atomic mass is 32.2. The second kappa shape index (κ2) is 10.3. The Morgan fingerprint density at radius 1 is 1.27 bits per heavy atom. The maximum Gasteiger partial charge on any atom is 0.0698 e. The van der Waals surface area contributed by atoms with Gasteiger partial charge in [-0.1, -0.05) is 13.3 Å². The third-order valence-corrected chi connectivity index (χ3v) is 2.28. The first-order valence-electron chi connectivity index (χ1n) is 4.18. The summed E-state index contributed by atoms with van der Waals surface area (Å²) in [6.07, 6.45) is 2.56. The summed E-state index contributed by atoms with van der Waals surface area (Å²) < 4.78 is 5.09. The molecule has 3 heteroatoms. The zero-order chi connectivity index (χ0) is 8.36. The Morgan fingerprint density at radius 2 is 2.09 bits per heavy atom. The van der Waals surface area contributed by atoms with Crippen LogP contribution in [-0.4, -0.2) is 36.4 Å². The first-order chi connectivity index (χ1) is 5.41. The van der Waals surface area contributed by atoms with E-state index in [1.54, 1.807) is 0 Å². The van der Waals surface area contributed by atoms with Crippen molar-refractivity contribution in [2.75, 3.05) is 31.3 Å². The smallest absolute Gasteiger partial charge is 0.0698 e. The highest BCUT2D eigenvalue weighted by Crippen LogP contribution is 2.03. The van der Waals surface area contributed by atoms with Gasteiger partial charge in [-0.05, 0) is 12.2 Å². The zero-order valence-electron chi connectivity index (χ0n) is 7.21. The number of hydrogen-bond donors (Lipinski definition) is 1. The predicted molar refractivity (Wildman–Crippen MR) is 50.1 cm³/mol. The maximum absolute atomic E-state index is 8.38. The summed E-state index contributed by atoms with van der Waals surface area (Å²) in [4.78, 5) is 0. The number of aliphatic hydroxyl groups excluding tert-OH is 1. The van der Waals surface area contributed by atoms with E-state index in [0.29, 0.717) is 6.61 Å². The van der Waals surface area contributed by atoms with Gasteiger partial charge in [0, 0.05) is 5.75 Å². The third-order valence-electron chi connectivity index (χ3n) is 1.25. The first-order valence-corrected chi connectivity index (χ1v) is 5.33. The fourth-order valence-corrected chi connectivity index (χ4v) is 1.57. The van der Waals surface area contributed by atoms with Gasteiger partial charge in [0.05, 0.1) is 19.8 Å². The van der Waals surface area contributed by atoms with Crippen molar-refractivity contribution in [3.05, 3.63) is 0 Å². The van der Waals surface area contributed by atoms with Crippen LogP contribution < -0.4 is 0 Å². The van der Waals surface area contributed by atoms with Crippen molar-refractivity contribution >= 4 is 11.8 Å². The highest BCUT2D eigenvalue weighted by Gasteiger charge is 1.88. The van der Waals surface area contributed by atoms with Crippen LogP contribution in [0, 0.1) is 0 Å². The lowest BCUT2D eigenvalue weighted by Gasteiger charge is -2.01. The number of thioether (sulfide) groups is 1. The lowest BCUT2D eigenvalue weighted by atomic mass is 10.4. The maximum atomic E-state index is 8.38. The molecule has 0 bridgehead atoms. The first kappa shape index (κ1) is 11.3. The molecule has 0 aromatic carbocycles. The van der Waals surface area contributed by atoms with Crippen molar-refractivity contribution in [3.63, 3.8) is 0 Å². The Morgan fingerprint density at radius 3 is 2.73 bits per heavy atom. The molecule has 0 rings (SSSR count). The summed E-state index contributed by atoms with van der Waals surface area (Å²) in [6.45, 7) is 3.59. The number of aliphatic hydroxyl groups is 1. The zero-order valence-corrected chi connectivity index (χ0v) is 8.03. The van der Waals surface area contributed by atoms with Gasteiger partial charge in [0.25, 0.3) is 0 Å². The summed E-state index contributed by atoms with van der Waals surface area (Å²) >= 11 is 1.92. The van der Waals surface area contributed by atoms with E-state index in [9.17, 15) is 0 Å². The molecule has 0 fully saturated rings. The molecule has 0 spiro atoms. The minimum absolute atomic E-state index is 0.139. The fourth-order valence-electron chi connectivity index (χ4n) is 0.633. The van der Waals surface area contributed by atoms with Crippen LogP contribution >= 0.6 is 11.8 Å². The lowest BCUT2D eigenvalue weighted by molar-refractivity contribution is 0.103. The molecule has 0 radical (unpaired) electrons. The molecule has 1 N–H and O–H groups in total. The third kappa shape index (κ3) is 10.3. The molecule has 0 aliphatic carbocycles. The quantitative estimate of drug-likeness (QED) is 0.572. The van der Waals surface area contributed by atoms with E-state index < -0.39 is 0 Å². The van der Waals surface area contributed by atoms with E-state index in [-0.39, 0.29) is 6.61 Å².